The van der Waals surface area contributed by atoms with E-state index in [0.29, 0.717) is 5.54 Å². The van der Waals surface area contributed by atoms with Gasteiger partial charge in [0.05, 0.1) is 0 Å². The van der Waals surface area contributed by atoms with Crippen LogP contribution in [0.2, 0.25) is 0 Å². The third kappa shape index (κ3) is 3.32. The van der Waals surface area contributed by atoms with Gasteiger partial charge in [0, 0.05) is 31.7 Å². The lowest BCUT2D eigenvalue weighted by molar-refractivity contribution is 0.276. The van der Waals surface area contributed by atoms with Crippen molar-refractivity contribution in [3.8, 4) is 0 Å². The predicted molar refractivity (Wildman–Crippen MR) is 68.4 cm³/mol. The van der Waals surface area contributed by atoms with Crippen LogP contribution in [0.1, 0.15) is 25.8 Å². The zero-order valence-corrected chi connectivity index (χ0v) is 10.4. The molecular formula is C14H22N2. The van der Waals surface area contributed by atoms with Crippen LogP contribution in [-0.2, 0) is 6.54 Å². The van der Waals surface area contributed by atoms with Crippen molar-refractivity contribution >= 4 is 0 Å². The molecule has 1 aliphatic rings. The largest absolute Gasteiger partial charge is 0.310 e. The van der Waals surface area contributed by atoms with Gasteiger partial charge in [-0.3, -0.25) is 4.90 Å². The highest BCUT2D eigenvalue weighted by molar-refractivity contribution is 5.14. The van der Waals surface area contributed by atoms with Crippen LogP contribution in [0.3, 0.4) is 0 Å². The van der Waals surface area contributed by atoms with Crippen LogP contribution in [-0.4, -0.2) is 30.1 Å². The topological polar surface area (TPSA) is 15.3 Å². The number of hydrogen-bond donors (Lipinski definition) is 1. The molecule has 0 spiro atoms. The minimum atomic E-state index is 0.297. The lowest BCUT2D eigenvalue weighted by Gasteiger charge is -2.23. The third-order valence-corrected chi connectivity index (χ3v) is 3.33. The fraction of sp³-hybridized carbons (Fsp3) is 0.571. The number of benzene rings is 1. The van der Waals surface area contributed by atoms with E-state index in [1.165, 1.54) is 18.5 Å². The number of nitrogens with one attached hydrogen (secondary N) is 1. The van der Waals surface area contributed by atoms with Gasteiger partial charge in [0.15, 0.2) is 0 Å². The van der Waals surface area contributed by atoms with Crippen LogP contribution in [0.15, 0.2) is 30.3 Å². The van der Waals surface area contributed by atoms with E-state index in [1.807, 2.05) is 0 Å². The average molecular weight is 218 g/mol. The molecule has 0 radical (unpaired) electrons. The predicted octanol–water partition coefficient (Wildman–Crippen LogP) is 2.26. The highest BCUT2D eigenvalue weighted by atomic mass is 15.2. The van der Waals surface area contributed by atoms with Crippen LogP contribution in [0.4, 0.5) is 0 Å². The molecule has 0 bridgehead atoms. The number of rotatable bonds is 2. The summed E-state index contributed by atoms with van der Waals surface area (Å²) in [5.41, 5.74) is 1.72. The second-order valence-corrected chi connectivity index (χ2v) is 5.32. The van der Waals surface area contributed by atoms with Gasteiger partial charge in [-0.15, -0.1) is 0 Å². The highest BCUT2D eigenvalue weighted by Crippen LogP contribution is 2.14. The maximum atomic E-state index is 3.59. The molecule has 1 heterocycles. The molecule has 1 aromatic carbocycles. The minimum Gasteiger partial charge on any atom is -0.310 e. The summed E-state index contributed by atoms with van der Waals surface area (Å²) in [6, 6.07) is 10.7. The molecule has 1 fully saturated rings. The minimum absolute atomic E-state index is 0.297. The standard InChI is InChI=1S/C14H22N2/c1-14(2)8-10-16(11-9-15-14)12-13-6-4-3-5-7-13/h3-7,15H,8-12H2,1-2H3. The van der Waals surface area contributed by atoms with Gasteiger partial charge in [-0.1, -0.05) is 30.3 Å². The zero-order valence-electron chi connectivity index (χ0n) is 10.4. The summed E-state index contributed by atoms with van der Waals surface area (Å²) in [4.78, 5) is 2.54. The van der Waals surface area contributed by atoms with Crippen molar-refractivity contribution in [3.05, 3.63) is 35.9 Å². The molecule has 0 saturated carbocycles. The van der Waals surface area contributed by atoms with Gasteiger partial charge in [0.25, 0.3) is 0 Å². The Morgan fingerprint density at radius 3 is 2.69 bits per heavy atom. The summed E-state index contributed by atoms with van der Waals surface area (Å²) in [5, 5.41) is 3.59. The van der Waals surface area contributed by atoms with Gasteiger partial charge >= 0.3 is 0 Å². The smallest absolute Gasteiger partial charge is 0.0234 e. The van der Waals surface area contributed by atoms with Crippen molar-refractivity contribution in [1.82, 2.24) is 10.2 Å². The monoisotopic (exact) mass is 218 g/mol. The third-order valence-electron chi connectivity index (χ3n) is 3.33. The van der Waals surface area contributed by atoms with Gasteiger partial charge in [-0.2, -0.15) is 0 Å². The van der Waals surface area contributed by atoms with Crippen LogP contribution < -0.4 is 5.32 Å². The van der Waals surface area contributed by atoms with Crippen molar-refractivity contribution in [2.45, 2.75) is 32.4 Å². The molecular weight excluding hydrogens is 196 g/mol. The van der Waals surface area contributed by atoms with Crippen molar-refractivity contribution < 1.29 is 0 Å². The van der Waals surface area contributed by atoms with Gasteiger partial charge in [-0.05, 0) is 25.8 Å². The van der Waals surface area contributed by atoms with Crippen molar-refractivity contribution in [1.29, 1.82) is 0 Å². The van der Waals surface area contributed by atoms with E-state index in [2.05, 4.69) is 54.4 Å². The first-order valence-corrected chi connectivity index (χ1v) is 6.17. The van der Waals surface area contributed by atoms with Gasteiger partial charge in [0.1, 0.15) is 0 Å². The van der Waals surface area contributed by atoms with E-state index in [-0.39, 0.29) is 0 Å². The molecule has 2 rings (SSSR count). The Morgan fingerprint density at radius 1 is 1.19 bits per heavy atom. The number of hydrogen-bond acceptors (Lipinski definition) is 2. The van der Waals surface area contributed by atoms with Crippen LogP contribution >= 0.6 is 0 Å². The van der Waals surface area contributed by atoms with Gasteiger partial charge in [-0.25, -0.2) is 0 Å². The van der Waals surface area contributed by atoms with Gasteiger partial charge < -0.3 is 5.32 Å². The molecule has 1 saturated heterocycles. The van der Waals surface area contributed by atoms with E-state index in [0.717, 1.165) is 19.6 Å². The Kier molecular flexibility index (Phi) is 3.62. The Morgan fingerprint density at radius 2 is 1.94 bits per heavy atom. The molecule has 1 aromatic rings. The lowest BCUT2D eigenvalue weighted by Crippen LogP contribution is -2.39. The van der Waals surface area contributed by atoms with Crippen LogP contribution in [0.5, 0.6) is 0 Å². The molecule has 1 N–H and O–H groups in total. The van der Waals surface area contributed by atoms with Crippen LogP contribution in [0.25, 0.3) is 0 Å². The Labute approximate surface area is 98.7 Å². The Balaban J connectivity index is 1.92. The van der Waals surface area contributed by atoms with Crippen molar-refractivity contribution in [3.63, 3.8) is 0 Å². The maximum Gasteiger partial charge on any atom is 0.0234 e. The van der Waals surface area contributed by atoms with Gasteiger partial charge in [0.2, 0.25) is 0 Å². The molecule has 0 aromatic heterocycles. The van der Waals surface area contributed by atoms with Crippen LogP contribution in [0, 0.1) is 0 Å². The summed E-state index contributed by atoms with van der Waals surface area (Å²) in [6.45, 7) is 9.10. The first kappa shape index (κ1) is 11.6. The van der Waals surface area contributed by atoms with E-state index in [4.69, 9.17) is 0 Å². The highest BCUT2D eigenvalue weighted by Gasteiger charge is 2.21. The first-order valence-electron chi connectivity index (χ1n) is 6.17. The molecule has 0 amide bonds. The molecule has 16 heavy (non-hydrogen) atoms. The maximum absolute atomic E-state index is 3.59. The molecule has 88 valence electrons. The summed E-state index contributed by atoms with van der Waals surface area (Å²) in [7, 11) is 0. The lowest BCUT2D eigenvalue weighted by atomic mass is 10.0. The fourth-order valence-corrected chi connectivity index (χ4v) is 2.19. The summed E-state index contributed by atoms with van der Waals surface area (Å²) < 4.78 is 0. The van der Waals surface area contributed by atoms with E-state index >= 15 is 0 Å². The SMILES string of the molecule is CC1(C)CCN(Cc2ccccc2)CCN1. The summed E-state index contributed by atoms with van der Waals surface area (Å²) >= 11 is 0. The fourth-order valence-electron chi connectivity index (χ4n) is 2.19. The normalized spacial score (nSPS) is 21.6. The number of nitrogens with zero attached hydrogens (tertiary/aromatic N) is 1. The molecule has 0 aliphatic carbocycles. The van der Waals surface area contributed by atoms with Crippen molar-refractivity contribution in [2.75, 3.05) is 19.6 Å². The van der Waals surface area contributed by atoms with Crippen molar-refractivity contribution in [2.24, 2.45) is 0 Å². The second-order valence-electron chi connectivity index (χ2n) is 5.32. The Hall–Kier alpha value is -0.860. The first-order chi connectivity index (χ1) is 7.66. The molecule has 2 nitrogen and oxygen atoms in total. The summed E-state index contributed by atoms with van der Waals surface area (Å²) in [5.74, 6) is 0. The Bertz CT molecular complexity index is 319. The molecule has 2 heteroatoms. The summed E-state index contributed by atoms with van der Waals surface area (Å²) in [6.07, 6.45) is 1.22. The zero-order chi connectivity index (χ0) is 11.4. The second kappa shape index (κ2) is 4.98. The van der Waals surface area contributed by atoms with E-state index in [1.54, 1.807) is 0 Å². The van der Waals surface area contributed by atoms with E-state index < -0.39 is 0 Å². The molecule has 1 aliphatic heterocycles. The van der Waals surface area contributed by atoms with E-state index in [9.17, 15) is 0 Å². The quantitative estimate of drug-likeness (QED) is 0.819. The molecule has 0 unspecified atom stereocenters. The molecule has 0 atom stereocenters. The average Bonchev–Trinajstić information content (AvgIpc) is 2.42.